The normalized spacial score (nSPS) is 19.1. The summed E-state index contributed by atoms with van der Waals surface area (Å²) in [6.45, 7) is 8.38. The van der Waals surface area contributed by atoms with Crippen LogP contribution in [0.2, 0.25) is 0 Å². The third kappa shape index (κ3) is 5.31. The van der Waals surface area contributed by atoms with E-state index >= 15 is 0 Å². The Morgan fingerprint density at radius 2 is 2.20 bits per heavy atom. The first-order valence-corrected chi connectivity index (χ1v) is 9.87. The van der Waals surface area contributed by atoms with Crippen molar-refractivity contribution in [3.8, 4) is 0 Å². The molecular formula is C20H28N4S. The molecule has 3 N–H and O–H groups in total. The van der Waals surface area contributed by atoms with Crippen molar-refractivity contribution in [1.29, 1.82) is 0 Å². The van der Waals surface area contributed by atoms with Crippen molar-refractivity contribution in [1.82, 2.24) is 4.90 Å². The third-order valence-electron chi connectivity index (χ3n) is 4.86. The van der Waals surface area contributed by atoms with Crippen LogP contribution in [0.5, 0.6) is 0 Å². The maximum Gasteiger partial charge on any atom is 0.193 e. The van der Waals surface area contributed by atoms with Gasteiger partial charge in [-0.3, -0.25) is 9.89 Å². The van der Waals surface area contributed by atoms with Crippen LogP contribution in [0.3, 0.4) is 0 Å². The Morgan fingerprint density at radius 3 is 2.96 bits per heavy atom. The number of nitrogens with zero attached hydrogens (tertiary/aromatic N) is 2. The van der Waals surface area contributed by atoms with E-state index in [0.29, 0.717) is 11.9 Å². The summed E-state index contributed by atoms with van der Waals surface area (Å²) < 4.78 is 0. The van der Waals surface area contributed by atoms with Crippen LogP contribution in [0.15, 0.2) is 40.7 Å². The Hall–Kier alpha value is -1.85. The van der Waals surface area contributed by atoms with Gasteiger partial charge in [-0.1, -0.05) is 12.1 Å². The molecule has 2 aromatic rings. The Balaban J connectivity index is 1.50. The van der Waals surface area contributed by atoms with Crippen LogP contribution < -0.4 is 11.1 Å². The predicted molar refractivity (Wildman–Crippen MR) is 108 cm³/mol. The van der Waals surface area contributed by atoms with Crippen LogP contribution in [0.1, 0.15) is 28.8 Å². The summed E-state index contributed by atoms with van der Waals surface area (Å²) in [5, 5.41) is 5.37. The number of guanidine groups is 1. The van der Waals surface area contributed by atoms with E-state index in [1.807, 2.05) is 17.4 Å². The Labute approximate surface area is 154 Å². The zero-order valence-corrected chi connectivity index (χ0v) is 16.0. The lowest BCUT2D eigenvalue weighted by Crippen LogP contribution is -2.36. The van der Waals surface area contributed by atoms with Gasteiger partial charge >= 0.3 is 0 Å². The molecule has 1 aliphatic rings. The molecule has 1 aliphatic heterocycles. The minimum absolute atomic E-state index is 0.513. The second-order valence-electron chi connectivity index (χ2n) is 6.97. The molecule has 134 valence electrons. The summed E-state index contributed by atoms with van der Waals surface area (Å²) in [7, 11) is 0. The van der Waals surface area contributed by atoms with Crippen molar-refractivity contribution in [2.45, 2.75) is 33.2 Å². The van der Waals surface area contributed by atoms with Gasteiger partial charge in [-0.25, -0.2) is 0 Å². The fourth-order valence-corrected chi connectivity index (χ4v) is 4.05. The number of hydrogen-bond donors (Lipinski definition) is 2. The largest absolute Gasteiger partial charge is 0.370 e. The van der Waals surface area contributed by atoms with Crippen molar-refractivity contribution in [3.63, 3.8) is 0 Å². The zero-order chi connectivity index (χ0) is 17.6. The van der Waals surface area contributed by atoms with E-state index in [2.05, 4.69) is 58.7 Å². The van der Waals surface area contributed by atoms with Gasteiger partial charge in [0.15, 0.2) is 5.96 Å². The molecule has 0 radical (unpaired) electrons. The van der Waals surface area contributed by atoms with Crippen molar-refractivity contribution < 1.29 is 0 Å². The van der Waals surface area contributed by atoms with Gasteiger partial charge in [-0.15, -0.1) is 11.3 Å². The summed E-state index contributed by atoms with van der Waals surface area (Å²) in [6, 6.07) is 10.6. The molecule has 1 atom stereocenters. The molecule has 2 heterocycles. The van der Waals surface area contributed by atoms with Gasteiger partial charge in [0.05, 0.1) is 0 Å². The summed E-state index contributed by atoms with van der Waals surface area (Å²) in [4.78, 5) is 8.57. The number of benzene rings is 1. The Bertz CT molecular complexity index is 708. The lowest BCUT2D eigenvalue weighted by atomic mass is 9.98. The molecule has 1 saturated heterocycles. The molecule has 3 rings (SSSR count). The first-order chi connectivity index (χ1) is 12.1. The van der Waals surface area contributed by atoms with Gasteiger partial charge in [0.25, 0.3) is 0 Å². The van der Waals surface area contributed by atoms with Gasteiger partial charge in [0.2, 0.25) is 0 Å². The van der Waals surface area contributed by atoms with Crippen LogP contribution in [-0.4, -0.2) is 30.5 Å². The lowest BCUT2D eigenvalue weighted by molar-refractivity contribution is 0.172. The highest BCUT2D eigenvalue weighted by Crippen LogP contribution is 2.20. The van der Waals surface area contributed by atoms with Crippen LogP contribution in [0, 0.1) is 19.8 Å². The molecule has 0 aliphatic carbocycles. The monoisotopic (exact) mass is 356 g/mol. The number of anilines is 1. The number of nitrogens with one attached hydrogen (secondary N) is 1. The van der Waals surface area contributed by atoms with Gasteiger partial charge in [-0.05, 0) is 73.9 Å². The average molecular weight is 357 g/mol. The molecule has 1 aromatic carbocycles. The highest BCUT2D eigenvalue weighted by molar-refractivity contribution is 7.09. The fraction of sp³-hybridized carbons (Fsp3) is 0.450. The average Bonchev–Trinajstić information content (AvgIpc) is 3.10. The summed E-state index contributed by atoms with van der Waals surface area (Å²) in [6.07, 6.45) is 2.48. The molecule has 5 heteroatoms. The number of piperidine rings is 1. The molecule has 0 spiro atoms. The molecule has 0 saturated carbocycles. The van der Waals surface area contributed by atoms with Gasteiger partial charge in [-0.2, -0.15) is 0 Å². The molecule has 0 amide bonds. The van der Waals surface area contributed by atoms with E-state index in [0.717, 1.165) is 25.3 Å². The van der Waals surface area contributed by atoms with Crippen LogP contribution >= 0.6 is 11.3 Å². The van der Waals surface area contributed by atoms with E-state index in [1.165, 1.54) is 35.4 Å². The molecule has 25 heavy (non-hydrogen) atoms. The third-order valence-corrected chi connectivity index (χ3v) is 5.72. The van der Waals surface area contributed by atoms with E-state index in [-0.39, 0.29) is 0 Å². The van der Waals surface area contributed by atoms with Gasteiger partial charge < -0.3 is 11.1 Å². The zero-order valence-electron chi connectivity index (χ0n) is 15.2. The van der Waals surface area contributed by atoms with E-state index in [1.54, 1.807) is 0 Å². The maximum atomic E-state index is 6.08. The first-order valence-electron chi connectivity index (χ1n) is 8.99. The van der Waals surface area contributed by atoms with Crippen LogP contribution in [0.4, 0.5) is 5.69 Å². The van der Waals surface area contributed by atoms with E-state index in [4.69, 9.17) is 5.73 Å². The number of nitrogens with two attached hydrogens (primary N) is 1. The van der Waals surface area contributed by atoms with Crippen LogP contribution in [-0.2, 0) is 6.54 Å². The van der Waals surface area contributed by atoms with Crippen molar-refractivity contribution in [2.75, 3.05) is 25.0 Å². The second-order valence-corrected chi connectivity index (χ2v) is 8.00. The van der Waals surface area contributed by atoms with Crippen LogP contribution in [0.25, 0.3) is 0 Å². The van der Waals surface area contributed by atoms with E-state index < -0.39 is 0 Å². The maximum absolute atomic E-state index is 6.08. The summed E-state index contributed by atoms with van der Waals surface area (Å²) in [5.74, 6) is 1.10. The summed E-state index contributed by atoms with van der Waals surface area (Å²) >= 11 is 1.84. The molecular weight excluding hydrogens is 328 g/mol. The molecule has 0 bridgehead atoms. The van der Waals surface area contributed by atoms with Gasteiger partial charge in [0, 0.05) is 30.2 Å². The summed E-state index contributed by atoms with van der Waals surface area (Å²) in [5.41, 5.74) is 9.63. The number of rotatable bonds is 5. The second kappa shape index (κ2) is 8.50. The highest BCUT2D eigenvalue weighted by Gasteiger charge is 2.20. The quantitative estimate of drug-likeness (QED) is 0.629. The van der Waals surface area contributed by atoms with Crippen molar-refractivity contribution in [2.24, 2.45) is 16.6 Å². The predicted octanol–water partition coefficient (Wildman–Crippen LogP) is 4.00. The van der Waals surface area contributed by atoms with Crippen molar-refractivity contribution >= 4 is 23.0 Å². The number of hydrogen-bond acceptors (Lipinski definition) is 3. The van der Waals surface area contributed by atoms with Gasteiger partial charge in [0.1, 0.15) is 0 Å². The van der Waals surface area contributed by atoms with Crippen molar-refractivity contribution in [3.05, 3.63) is 51.7 Å². The minimum atomic E-state index is 0.513. The Morgan fingerprint density at radius 1 is 1.32 bits per heavy atom. The molecule has 4 nitrogen and oxygen atoms in total. The topological polar surface area (TPSA) is 53.6 Å². The van der Waals surface area contributed by atoms with E-state index in [9.17, 15) is 0 Å². The lowest BCUT2D eigenvalue weighted by Gasteiger charge is -2.31. The number of aliphatic imine (C=N–C) groups is 1. The number of aryl methyl sites for hydroxylation is 2. The minimum Gasteiger partial charge on any atom is -0.370 e. The fourth-order valence-electron chi connectivity index (χ4n) is 3.30. The standard InChI is InChI=1S/C20H28N4S/c1-15-7-8-18(11-16(15)2)23-20(21)22-12-17-5-3-9-24(13-17)14-19-6-4-10-25-19/h4,6-8,10-11,17H,3,5,9,12-14H2,1-2H3,(H3,21,22,23). The number of likely N-dealkylation sites (tertiary alicyclic amines) is 1. The molecule has 1 fully saturated rings. The molecule has 1 unspecified atom stereocenters. The number of thiophene rings is 1. The Kier molecular flexibility index (Phi) is 6.10. The smallest absolute Gasteiger partial charge is 0.193 e. The first kappa shape index (κ1) is 18.0. The highest BCUT2D eigenvalue weighted by atomic mass is 32.1. The molecule has 1 aromatic heterocycles. The SMILES string of the molecule is Cc1ccc(NC(N)=NCC2CCCN(Cc3cccs3)C2)cc1C.